The molecule has 1 aromatic heterocycles. The number of rotatable bonds is 6. The molecule has 1 heterocycles. The van der Waals surface area contributed by atoms with Gasteiger partial charge in [0.05, 0.1) is 12.8 Å². The number of nitrogens with zero attached hydrogens (tertiary/aromatic N) is 2. The Kier molecular flexibility index (Phi) is 6.10. The number of aromatic nitrogens is 1. The second kappa shape index (κ2) is 8.91. The maximum absolute atomic E-state index is 6.21. The van der Waals surface area contributed by atoms with Crippen LogP contribution in [-0.4, -0.2) is 10.8 Å². The standard InChI is InChI=1S/C23H18Cl3N3/c24-18-6-3-5-16(11-18)14-29-15-17(19-7-1-2-10-23(19)29)12-27-28-13-20-21(25)8-4-9-22(20)26/h1-12,15,28H,13-14H2/b27-12-. The molecular formula is C23H18Cl3N3. The van der Waals surface area contributed by atoms with Gasteiger partial charge in [-0.05, 0) is 35.9 Å². The minimum atomic E-state index is 0.455. The predicted molar refractivity (Wildman–Crippen MR) is 123 cm³/mol. The van der Waals surface area contributed by atoms with Gasteiger partial charge in [0.1, 0.15) is 0 Å². The molecule has 3 aromatic carbocycles. The van der Waals surface area contributed by atoms with Gasteiger partial charge in [-0.2, -0.15) is 5.10 Å². The second-order valence-corrected chi connectivity index (χ2v) is 7.90. The molecule has 0 saturated carbocycles. The first-order chi connectivity index (χ1) is 14.1. The first-order valence-electron chi connectivity index (χ1n) is 9.13. The highest BCUT2D eigenvalue weighted by molar-refractivity contribution is 6.36. The maximum atomic E-state index is 6.21. The van der Waals surface area contributed by atoms with Crippen molar-refractivity contribution < 1.29 is 0 Å². The zero-order chi connectivity index (χ0) is 20.2. The first kappa shape index (κ1) is 19.8. The van der Waals surface area contributed by atoms with Crippen LogP contribution in [0.2, 0.25) is 15.1 Å². The Morgan fingerprint density at radius 1 is 0.897 bits per heavy atom. The van der Waals surface area contributed by atoms with Crippen LogP contribution in [0.5, 0.6) is 0 Å². The highest BCUT2D eigenvalue weighted by Crippen LogP contribution is 2.24. The first-order valence-corrected chi connectivity index (χ1v) is 10.3. The quantitative estimate of drug-likeness (QED) is 0.259. The summed E-state index contributed by atoms with van der Waals surface area (Å²) < 4.78 is 2.20. The molecule has 1 N–H and O–H groups in total. The van der Waals surface area contributed by atoms with Gasteiger partial charge in [0, 0.05) is 49.8 Å². The van der Waals surface area contributed by atoms with Gasteiger partial charge in [-0.15, -0.1) is 0 Å². The van der Waals surface area contributed by atoms with E-state index in [4.69, 9.17) is 34.8 Å². The van der Waals surface area contributed by atoms with Crippen molar-refractivity contribution in [2.45, 2.75) is 13.1 Å². The van der Waals surface area contributed by atoms with Crippen molar-refractivity contribution in [2.24, 2.45) is 5.10 Å². The van der Waals surface area contributed by atoms with Gasteiger partial charge in [0.25, 0.3) is 0 Å². The molecule has 0 aliphatic heterocycles. The number of halogens is 3. The lowest BCUT2D eigenvalue weighted by molar-refractivity contribution is 0.748. The van der Waals surface area contributed by atoms with E-state index in [1.165, 1.54) is 0 Å². The lowest BCUT2D eigenvalue weighted by atomic mass is 10.2. The summed E-state index contributed by atoms with van der Waals surface area (Å²) in [7, 11) is 0. The number of hydrogen-bond donors (Lipinski definition) is 1. The van der Waals surface area contributed by atoms with Crippen LogP contribution < -0.4 is 5.43 Å². The summed E-state index contributed by atoms with van der Waals surface area (Å²) in [5.74, 6) is 0. The van der Waals surface area contributed by atoms with Gasteiger partial charge >= 0.3 is 0 Å². The van der Waals surface area contributed by atoms with Gasteiger partial charge in [-0.1, -0.05) is 71.2 Å². The Morgan fingerprint density at radius 2 is 1.66 bits per heavy atom. The Bertz CT molecular complexity index is 1160. The zero-order valence-electron chi connectivity index (χ0n) is 15.4. The van der Waals surface area contributed by atoms with Crippen LogP contribution in [0.3, 0.4) is 0 Å². The molecule has 0 radical (unpaired) electrons. The van der Waals surface area contributed by atoms with Crippen LogP contribution in [-0.2, 0) is 13.1 Å². The second-order valence-electron chi connectivity index (χ2n) is 6.65. The number of fused-ring (bicyclic) bond motifs is 1. The lowest BCUT2D eigenvalue weighted by Gasteiger charge is -2.06. The summed E-state index contributed by atoms with van der Waals surface area (Å²) in [5.41, 5.74) is 7.18. The molecule has 0 fully saturated rings. The fraction of sp³-hybridized carbons (Fsp3) is 0.0870. The summed E-state index contributed by atoms with van der Waals surface area (Å²) in [4.78, 5) is 0. The Labute approximate surface area is 184 Å². The van der Waals surface area contributed by atoms with E-state index in [1.807, 2.05) is 54.7 Å². The van der Waals surface area contributed by atoms with Crippen LogP contribution in [0.25, 0.3) is 10.9 Å². The molecule has 3 nitrogen and oxygen atoms in total. The van der Waals surface area contributed by atoms with Crippen molar-refractivity contribution in [3.05, 3.63) is 105 Å². The van der Waals surface area contributed by atoms with Crippen molar-refractivity contribution >= 4 is 51.9 Å². The zero-order valence-corrected chi connectivity index (χ0v) is 17.7. The van der Waals surface area contributed by atoms with Gasteiger partial charge in [-0.3, -0.25) is 0 Å². The third-order valence-corrected chi connectivity index (χ3v) is 5.62. The van der Waals surface area contributed by atoms with Crippen LogP contribution in [0.15, 0.2) is 78.0 Å². The minimum Gasteiger partial charge on any atom is -0.342 e. The Balaban J connectivity index is 1.55. The summed E-state index contributed by atoms with van der Waals surface area (Å²) in [5, 5.41) is 7.50. The predicted octanol–water partition coefficient (Wildman–Crippen LogP) is 6.77. The van der Waals surface area contributed by atoms with Crippen molar-refractivity contribution in [1.82, 2.24) is 9.99 Å². The largest absolute Gasteiger partial charge is 0.342 e. The molecule has 0 unspecified atom stereocenters. The van der Waals surface area contributed by atoms with Crippen molar-refractivity contribution in [3.63, 3.8) is 0 Å². The monoisotopic (exact) mass is 441 g/mol. The molecule has 6 heteroatoms. The normalized spacial score (nSPS) is 11.4. The van der Waals surface area contributed by atoms with Crippen LogP contribution in [0, 0.1) is 0 Å². The van der Waals surface area contributed by atoms with Crippen LogP contribution >= 0.6 is 34.8 Å². The van der Waals surface area contributed by atoms with E-state index >= 15 is 0 Å². The molecule has 0 bridgehead atoms. The van der Waals surface area contributed by atoms with Crippen molar-refractivity contribution in [1.29, 1.82) is 0 Å². The van der Waals surface area contributed by atoms with Gasteiger partial charge in [-0.25, -0.2) is 0 Å². The molecule has 0 aliphatic carbocycles. The van der Waals surface area contributed by atoms with E-state index in [0.717, 1.165) is 39.2 Å². The summed E-state index contributed by atoms with van der Waals surface area (Å²) in [6.45, 7) is 1.19. The minimum absolute atomic E-state index is 0.455. The highest BCUT2D eigenvalue weighted by Gasteiger charge is 2.08. The van der Waals surface area contributed by atoms with Crippen molar-refractivity contribution in [2.75, 3.05) is 0 Å². The molecule has 0 saturated heterocycles. The molecule has 0 amide bonds. The number of para-hydroxylation sites is 1. The van der Waals surface area contributed by atoms with Gasteiger partial charge in [0.2, 0.25) is 0 Å². The Morgan fingerprint density at radius 3 is 2.45 bits per heavy atom. The maximum Gasteiger partial charge on any atom is 0.0609 e. The number of benzene rings is 3. The molecule has 0 atom stereocenters. The fourth-order valence-corrected chi connectivity index (χ4v) is 4.03. The third-order valence-electron chi connectivity index (χ3n) is 4.67. The van der Waals surface area contributed by atoms with E-state index in [0.29, 0.717) is 16.6 Å². The molecule has 146 valence electrons. The Hall–Kier alpha value is -2.46. The summed E-state index contributed by atoms with van der Waals surface area (Å²) >= 11 is 18.5. The topological polar surface area (TPSA) is 29.3 Å². The van der Waals surface area contributed by atoms with Crippen LogP contribution in [0.1, 0.15) is 16.7 Å². The molecule has 0 aliphatic rings. The average Bonchev–Trinajstić information content (AvgIpc) is 3.05. The number of hydrazone groups is 1. The molecule has 4 rings (SSSR count). The average molecular weight is 443 g/mol. The van der Waals surface area contributed by atoms with E-state index in [2.05, 4.69) is 39.5 Å². The summed E-state index contributed by atoms with van der Waals surface area (Å²) in [6.07, 6.45) is 3.92. The smallest absolute Gasteiger partial charge is 0.0609 e. The van der Waals surface area contributed by atoms with Crippen molar-refractivity contribution in [3.8, 4) is 0 Å². The lowest BCUT2D eigenvalue weighted by Crippen LogP contribution is -2.06. The summed E-state index contributed by atoms with van der Waals surface area (Å²) in [6, 6.07) is 21.6. The third kappa shape index (κ3) is 4.59. The molecule has 4 aromatic rings. The molecule has 0 spiro atoms. The number of nitrogens with one attached hydrogen (secondary N) is 1. The SMILES string of the molecule is Clc1cccc(Cn2cc(/C=N\NCc3c(Cl)cccc3Cl)c3ccccc32)c1. The van der Waals surface area contributed by atoms with Gasteiger partial charge in [0.15, 0.2) is 0 Å². The van der Waals surface area contributed by atoms with E-state index < -0.39 is 0 Å². The number of hydrogen-bond acceptors (Lipinski definition) is 2. The van der Waals surface area contributed by atoms with E-state index in [1.54, 1.807) is 0 Å². The molecular weight excluding hydrogens is 425 g/mol. The van der Waals surface area contributed by atoms with Crippen LogP contribution in [0.4, 0.5) is 0 Å². The van der Waals surface area contributed by atoms with E-state index in [-0.39, 0.29) is 0 Å². The van der Waals surface area contributed by atoms with Gasteiger partial charge < -0.3 is 9.99 Å². The molecule has 29 heavy (non-hydrogen) atoms. The highest BCUT2D eigenvalue weighted by atomic mass is 35.5. The van der Waals surface area contributed by atoms with E-state index in [9.17, 15) is 0 Å². The fourth-order valence-electron chi connectivity index (χ4n) is 3.28.